The van der Waals surface area contributed by atoms with Crippen molar-refractivity contribution in [1.29, 1.82) is 0 Å². The lowest BCUT2D eigenvalue weighted by Crippen LogP contribution is -2.14. The predicted molar refractivity (Wildman–Crippen MR) is 76.4 cm³/mol. The third-order valence-corrected chi connectivity index (χ3v) is 3.51. The molecule has 0 spiro atoms. The van der Waals surface area contributed by atoms with Gasteiger partial charge in [-0.1, -0.05) is 48.5 Å². The molecular weight excluding hydrogens is 236 g/mol. The van der Waals surface area contributed by atoms with Gasteiger partial charge in [0.15, 0.2) is 0 Å². The molecule has 2 nitrogen and oxygen atoms in total. The number of carboxylic acids is 1. The zero-order valence-electron chi connectivity index (χ0n) is 11.3. The Morgan fingerprint density at radius 1 is 1.05 bits per heavy atom. The van der Waals surface area contributed by atoms with Crippen LogP contribution in [0.1, 0.15) is 28.2 Å². The number of hydrogen-bond acceptors (Lipinski definition) is 1. The maximum atomic E-state index is 11.5. The number of aryl methyl sites for hydroxylation is 2. The molecule has 0 bridgehead atoms. The van der Waals surface area contributed by atoms with Gasteiger partial charge in [0.2, 0.25) is 0 Å². The van der Waals surface area contributed by atoms with Gasteiger partial charge in [-0.25, -0.2) is 0 Å². The molecule has 0 aromatic heterocycles. The fourth-order valence-corrected chi connectivity index (χ4v) is 2.20. The van der Waals surface area contributed by atoms with E-state index < -0.39 is 11.9 Å². The summed E-state index contributed by atoms with van der Waals surface area (Å²) in [5.41, 5.74) is 4.36. The summed E-state index contributed by atoms with van der Waals surface area (Å²) in [6, 6.07) is 15.6. The molecule has 1 N–H and O–H groups in total. The summed E-state index contributed by atoms with van der Waals surface area (Å²) in [4.78, 5) is 11.5. The van der Waals surface area contributed by atoms with Crippen LogP contribution in [0.15, 0.2) is 48.5 Å². The molecule has 0 aliphatic rings. The van der Waals surface area contributed by atoms with Crippen LogP contribution in [0.3, 0.4) is 0 Å². The van der Waals surface area contributed by atoms with Gasteiger partial charge in [0.25, 0.3) is 0 Å². The second-order valence-corrected chi connectivity index (χ2v) is 4.92. The van der Waals surface area contributed by atoms with Crippen molar-refractivity contribution in [1.82, 2.24) is 0 Å². The van der Waals surface area contributed by atoms with E-state index in [1.807, 2.05) is 36.4 Å². The number of carbonyl (C=O) groups is 1. The Labute approximate surface area is 113 Å². The van der Waals surface area contributed by atoms with Gasteiger partial charge < -0.3 is 5.11 Å². The minimum absolute atomic E-state index is 0.483. The molecule has 0 aliphatic heterocycles. The Morgan fingerprint density at radius 2 is 1.74 bits per heavy atom. The highest BCUT2D eigenvalue weighted by Gasteiger charge is 2.20. The third-order valence-electron chi connectivity index (χ3n) is 3.51. The second-order valence-electron chi connectivity index (χ2n) is 4.92. The lowest BCUT2D eigenvalue weighted by molar-refractivity contribution is -0.138. The van der Waals surface area contributed by atoms with E-state index in [0.29, 0.717) is 6.42 Å². The van der Waals surface area contributed by atoms with E-state index in [9.17, 15) is 9.90 Å². The van der Waals surface area contributed by atoms with E-state index >= 15 is 0 Å². The molecule has 0 heterocycles. The Balaban J connectivity index is 2.27. The summed E-state index contributed by atoms with van der Waals surface area (Å²) >= 11 is 0. The van der Waals surface area contributed by atoms with Crippen molar-refractivity contribution in [2.45, 2.75) is 26.2 Å². The van der Waals surface area contributed by atoms with E-state index in [-0.39, 0.29) is 0 Å². The zero-order chi connectivity index (χ0) is 13.8. The molecule has 98 valence electrons. The molecule has 2 heteroatoms. The van der Waals surface area contributed by atoms with Crippen LogP contribution < -0.4 is 0 Å². The molecule has 0 fully saturated rings. The number of benzene rings is 2. The summed E-state index contributed by atoms with van der Waals surface area (Å²) in [6.07, 6.45) is 0.528. The first-order valence-corrected chi connectivity index (χ1v) is 6.42. The summed E-state index contributed by atoms with van der Waals surface area (Å²) < 4.78 is 0. The number of rotatable bonds is 4. The second kappa shape index (κ2) is 5.70. The van der Waals surface area contributed by atoms with Gasteiger partial charge in [-0.2, -0.15) is 0 Å². The smallest absolute Gasteiger partial charge is 0.311 e. The molecule has 2 aromatic rings. The topological polar surface area (TPSA) is 37.3 Å². The quantitative estimate of drug-likeness (QED) is 0.903. The summed E-state index contributed by atoms with van der Waals surface area (Å²) in [7, 11) is 0. The molecule has 0 radical (unpaired) electrons. The number of carboxylic acid groups (broad SMARTS) is 1. The van der Waals surface area contributed by atoms with Gasteiger partial charge in [-0.15, -0.1) is 0 Å². The average Bonchev–Trinajstić information content (AvgIpc) is 2.40. The van der Waals surface area contributed by atoms with Crippen LogP contribution in [0.2, 0.25) is 0 Å². The van der Waals surface area contributed by atoms with Crippen LogP contribution in [0.5, 0.6) is 0 Å². The van der Waals surface area contributed by atoms with Gasteiger partial charge in [0, 0.05) is 0 Å². The van der Waals surface area contributed by atoms with Gasteiger partial charge in [0.1, 0.15) is 0 Å². The normalized spacial score (nSPS) is 12.1. The standard InChI is InChI=1S/C17H18O2/c1-12-8-9-14(10-13(12)2)11-16(17(18)19)15-6-4-3-5-7-15/h3-10,16H,11H2,1-2H3,(H,18,19)/t16-/m1/s1. The highest BCUT2D eigenvalue weighted by atomic mass is 16.4. The molecule has 0 amide bonds. The minimum Gasteiger partial charge on any atom is -0.481 e. The fraction of sp³-hybridized carbons (Fsp3) is 0.235. The summed E-state index contributed by atoms with van der Waals surface area (Å²) in [5, 5.41) is 9.41. The van der Waals surface area contributed by atoms with Gasteiger partial charge in [-0.05, 0) is 42.5 Å². The molecule has 19 heavy (non-hydrogen) atoms. The Morgan fingerprint density at radius 3 is 2.32 bits per heavy atom. The van der Waals surface area contributed by atoms with E-state index in [4.69, 9.17) is 0 Å². The largest absolute Gasteiger partial charge is 0.481 e. The fourth-order valence-electron chi connectivity index (χ4n) is 2.20. The van der Waals surface area contributed by atoms with E-state index in [0.717, 1.165) is 11.1 Å². The SMILES string of the molecule is Cc1ccc(C[C@@H](C(=O)O)c2ccccc2)cc1C. The molecular formula is C17H18O2. The van der Waals surface area contributed by atoms with E-state index in [1.165, 1.54) is 11.1 Å². The predicted octanol–water partition coefficient (Wildman–Crippen LogP) is 3.71. The maximum absolute atomic E-state index is 11.5. The summed E-state index contributed by atoms with van der Waals surface area (Å²) in [6.45, 7) is 4.11. The number of hydrogen-bond donors (Lipinski definition) is 1. The van der Waals surface area contributed by atoms with Crippen molar-refractivity contribution in [3.63, 3.8) is 0 Å². The first-order chi connectivity index (χ1) is 9.08. The van der Waals surface area contributed by atoms with Crippen molar-refractivity contribution >= 4 is 5.97 Å². The zero-order valence-corrected chi connectivity index (χ0v) is 11.3. The summed E-state index contributed by atoms with van der Waals surface area (Å²) in [5.74, 6) is -1.26. The van der Waals surface area contributed by atoms with Crippen LogP contribution >= 0.6 is 0 Å². The molecule has 1 atom stereocenters. The monoisotopic (exact) mass is 254 g/mol. The lowest BCUT2D eigenvalue weighted by Gasteiger charge is -2.13. The van der Waals surface area contributed by atoms with Crippen molar-refractivity contribution in [2.24, 2.45) is 0 Å². The molecule has 2 rings (SSSR count). The average molecular weight is 254 g/mol. The lowest BCUT2D eigenvalue weighted by atomic mass is 9.91. The molecule has 2 aromatic carbocycles. The van der Waals surface area contributed by atoms with Gasteiger partial charge >= 0.3 is 5.97 Å². The van der Waals surface area contributed by atoms with Gasteiger partial charge in [0.05, 0.1) is 5.92 Å². The van der Waals surface area contributed by atoms with E-state index in [1.54, 1.807) is 0 Å². The van der Waals surface area contributed by atoms with Crippen molar-refractivity contribution in [3.05, 3.63) is 70.8 Å². The third kappa shape index (κ3) is 3.22. The molecule has 0 unspecified atom stereocenters. The van der Waals surface area contributed by atoms with Crippen molar-refractivity contribution in [3.8, 4) is 0 Å². The molecule has 0 saturated carbocycles. The molecule has 0 saturated heterocycles. The van der Waals surface area contributed by atoms with Crippen LogP contribution in [-0.2, 0) is 11.2 Å². The van der Waals surface area contributed by atoms with Crippen LogP contribution in [0, 0.1) is 13.8 Å². The Hall–Kier alpha value is -2.09. The number of aliphatic carboxylic acids is 1. The van der Waals surface area contributed by atoms with Gasteiger partial charge in [-0.3, -0.25) is 4.79 Å². The Bertz CT molecular complexity index is 573. The van der Waals surface area contributed by atoms with Crippen LogP contribution in [-0.4, -0.2) is 11.1 Å². The van der Waals surface area contributed by atoms with Crippen LogP contribution in [0.4, 0.5) is 0 Å². The van der Waals surface area contributed by atoms with Crippen LogP contribution in [0.25, 0.3) is 0 Å². The highest BCUT2D eigenvalue weighted by Crippen LogP contribution is 2.22. The maximum Gasteiger partial charge on any atom is 0.311 e. The molecule has 0 aliphatic carbocycles. The first-order valence-electron chi connectivity index (χ1n) is 6.42. The van der Waals surface area contributed by atoms with Crippen molar-refractivity contribution < 1.29 is 9.90 Å². The van der Waals surface area contributed by atoms with E-state index in [2.05, 4.69) is 26.0 Å². The highest BCUT2D eigenvalue weighted by molar-refractivity contribution is 5.76. The first kappa shape index (κ1) is 13.3. The Kier molecular flexibility index (Phi) is 4.00. The minimum atomic E-state index is -0.774. The van der Waals surface area contributed by atoms with Crippen molar-refractivity contribution in [2.75, 3.05) is 0 Å².